The summed E-state index contributed by atoms with van der Waals surface area (Å²) >= 11 is 0. The number of piperidine rings is 1. The van der Waals surface area contributed by atoms with Gasteiger partial charge in [-0.1, -0.05) is 0 Å². The van der Waals surface area contributed by atoms with Crippen LogP contribution in [-0.4, -0.2) is 45.3 Å². The highest BCUT2D eigenvalue weighted by molar-refractivity contribution is 5.73. The average molecular weight is 240 g/mol. The Morgan fingerprint density at radius 1 is 1.00 bits per heavy atom. The van der Waals surface area contributed by atoms with E-state index in [4.69, 9.17) is 0 Å². The largest absolute Gasteiger partial charge is 0.338 e. The van der Waals surface area contributed by atoms with Crippen molar-refractivity contribution in [3.63, 3.8) is 0 Å². The minimum atomic E-state index is -0.0116. The lowest BCUT2D eigenvalue weighted by Gasteiger charge is -2.23. The van der Waals surface area contributed by atoms with Crippen LogP contribution < -0.4 is 21.3 Å². The molecule has 0 aromatic heterocycles. The van der Waals surface area contributed by atoms with Gasteiger partial charge in [0.1, 0.15) is 0 Å². The molecule has 2 saturated heterocycles. The third kappa shape index (κ3) is 4.52. The van der Waals surface area contributed by atoms with E-state index < -0.39 is 0 Å². The van der Waals surface area contributed by atoms with Gasteiger partial charge in [0.25, 0.3) is 0 Å². The third-order valence-electron chi connectivity index (χ3n) is 3.66. The van der Waals surface area contributed by atoms with E-state index >= 15 is 0 Å². The van der Waals surface area contributed by atoms with Gasteiger partial charge in [0.05, 0.1) is 0 Å². The highest BCUT2D eigenvalue weighted by Crippen LogP contribution is 2.08. The van der Waals surface area contributed by atoms with Crippen LogP contribution in [0, 0.1) is 11.8 Å². The molecule has 0 aliphatic carbocycles. The van der Waals surface area contributed by atoms with Crippen molar-refractivity contribution in [2.75, 3.05) is 39.3 Å². The monoisotopic (exact) mass is 240 g/mol. The number of carbonyl (C=O) groups is 1. The number of amides is 2. The summed E-state index contributed by atoms with van der Waals surface area (Å²) in [6.07, 6.45) is 3.62. The quantitative estimate of drug-likeness (QED) is 0.554. The lowest BCUT2D eigenvalue weighted by Crippen LogP contribution is -2.43. The van der Waals surface area contributed by atoms with E-state index in [0.29, 0.717) is 11.8 Å². The zero-order valence-electron chi connectivity index (χ0n) is 10.4. The van der Waals surface area contributed by atoms with E-state index in [1.54, 1.807) is 0 Å². The molecule has 5 heteroatoms. The first-order valence-electron chi connectivity index (χ1n) is 6.77. The normalized spacial score (nSPS) is 28.9. The van der Waals surface area contributed by atoms with Crippen molar-refractivity contribution in [2.24, 2.45) is 11.8 Å². The molecule has 0 aromatic rings. The van der Waals surface area contributed by atoms with E-state index in [0.717, 1.165) is 39.3 Å². The van der Waals surface area contributed by atoms with Gasteiger partial charge in [-0.05, 0) is 57.3 Å². The van der Waals surface area contributed by atoms with Crippen LogP contribution in [0.1, 0.15) is 19.3 Å². The summed E-state index contributed by atoms with van der Waals surface area (Å²) in [6.45, 7) is 5.86. The standard InChI is InChI=1S/C12H24N4O/c17-12(16-9-11-3-5-14-7-11)15-8-10-2-1-4-13-6-10/h10-11,13-14H,1-9H2,(H2,15,16,17). The number of rotatable bonds is 4. The molecule has 2 rings (SSSR count). The van der Waals surface area contributed by atoms with Crippen LogP contribution in [0.15, 0.2) is 0 Å². The summed E-state index contributed by atoms with van der Waals surface area (Å²) in [5, 5.41) is 12.6. The molecule has 2 amide bonds. The van der Waals surface area contributed by atoms with E-state index in [1.165, 1.54) is 19.3 Å². The molecular weight excluding hydrogens is 216 g/mol. The number of carbonyl (C=O) groups excluding carboxylic acids is 1. The zero-order valence-corrected chi connectivity index (χ0v) is 10.4. The summed E-state index contributed by atoms with van der Waals surface area (Å²) in [7, 11) is 0. The van der Waals surface area contributed by atoms with Crippen LogP contribution in [0.4, 0.5) is 4.79 Å². The van der Waals surface area contributed by atoms with Crippen molar-refractivity contribution >= 4 is 6.03 Å². The van der Waals surface area contributed by atoms with E-state index in [2.05, 4.69) is 21.3 Å². The molecule has 5 nitrogen and oxygen atoms in total. The number of hydrogen-bond donors (Lipinski definition) is 4. The van der Waals surface area contributed by atoms with E-state index in [-0.39, 0.29) is 6.03 Å². The molecule has 17 heavy (non-hydrogen) atoms. The molecule has 2 aliphatic heterocycles. The van der Waals surface area contributed by atoms with Gasteiger partial charge in [-0.15, -0.1) is 0 Å². The Kier molecular flexibility index (Phi) is 5.07. The second-order valence-electron chi connectivity index (χ2n) is 5.16. The molecule has 2 fully saturated rings. The van der Waals surface area contributed by atoms with Crippen LogP contribution in [-0.2, 0) is 0 Å². The molecule has 2 aliphatic rings. The molecule has 0 aromatic carbocycles. The molecule has 2 heterocycles. The Morgan fingerprint density at radius 3 is 2.18 bits per heavy atom. The highest BCUT2D eigenvalue weighted by Gasteiger charge is 2.16. The van der Waals surface area contributed by atoms with Crippen LogP contribution in [0.2, 0.25) is 0 Å². The Hall–Kier alpha value is -0.810. The summed E-state index contributed by atoms with van der Waals surface area (Å²) in [6, 6.07) is -0.0116. The van der Waals surface area contributed by atoms with Gasteiger partial charge in [0.2, 0.25) is 0 Å². The molecule has 98 valence electrons. The lowest BCUT2D eigenvalue weighted by atomic mass is 10.00. The first-order valence-corrected chi connectivity index (χ1v) is 6.77. The number of hydrogen-bond acceptors (Lipinski definition) is 3. The van der Waals surface area contributed by atoms with Gasteiger partial charge in [-0.3, -0.25) is 0 Å². The van der Waals surface area contributed by atoms with Crippen molar-refractivity contribution in [1.82, 2.24) is 21.3 Å². The van der Waals surface area contributed by atoms with Crippen molar-refractivity contribution < 1.29 is 4.79 Å². The maximum atomic E-state index is 11.6. The Balaban J connectivity index is 1.53. The first kappa shape index (κ1) is 12.6. The molecule has 0 saturated carbocycles. The second kappa shape index (κ2) is 6.81. The summed E-state index contributed by atoms with van der Waals surface area (Å²) in [5.41, 5.74) is 0. The Labute approximate surface area is 103 Å². The molecule has 0 spiro atoms. The molecule has 2 unspecified atom stereocenters. The van der Waals surface area contributed by atoms with E-state index in [1.807, 2.05) is 0 Å². The number of urea groups is 1. The maximum absolute atomic E-state index is 11.6. The van der Waals surface area contributed by atoms with Crippen LogP contribution in [0.25, 0.3) is 0 Å². The summed E-state index contributed by atoms with van der Waals surface area (Å²) in [4.78, 5) is 11.6. The van der Waals surface area contributed by atoms with Gasteiger partial charge >= 0.3 is 6.03 Å². The molecule has 4 N–H and O–H groups in total. The summed E-state index contributed by atoms with van der Waals surface area (Å²) < 4.78 is 0. The van der Waals surface area contributed by atoms with Gasteiger partial charge in [0.15, 0.2) is 0 Å². The van der Waals surface area contributed by atoms with Gasteiger partial charge in [-0.25, -0.2) is 4.79 Å². The van der Waals surface area contributed by atoms with Gasteiger partial charge in [0, 0.05) is 13.1 Å². The van der Waals surface area contributed by atoms with Gasteiger partial charge in [-0.2, -0.15) is 0 Å². The predicted molar refractivity (Wildman–Crippen MR) is 68.0 cm³/mol. The zero-order chi connectivity index (χ0) is 11.9. The van der Waals surface area contributed by atoms with Gasteiger partial charge < -0.3 is 21.3 Å². The smallest absolute Gasteiger partial charge is 0.314 e. The van der Waals surface area contributed by atoms with Crippen molar-refractivity contribution in [1.29, 1.82) is 0 Å². The fourth-order valence-electron chi connectivity index (χ4n) is 2.52. The highest BCUT2D eigenvalue weighted by atomic mass is 16.2. The number of nitrogens with one attached hydrogen (secondary N) is 4. The fraction of sp³-hybridized carbons (Fsp3) is 0.917. The minimum absolute atomic E-state index is 0.0116. The second-order valence-corrected chi connectivity index (χ2v) is 5.16. The Bertz CT molecular complexity index is 235. The fourth-order valence-corrected chi connectivity index (χ4v) is 2.52. The maximum Gasteiger partial charge on any atom is 0.314 e. The SMILES string of the molecule is O=C(NCC1CCCNC1)NCC1CCNC1. The van der Waals surface area contributed by atoms with Crippen molar-refractivity contribution in [3.8, 4) is 0 Å². The molecule has 0 radical (unpaired) electrons. The third-order valence-corrected chi connectivity index (χ3v) is 3.66. The molecular formula is C12H24N4O. The van der Waals surface area contributed by atoms with Crippen LogP contribution >= 0.6 is 0 Å². The predicted octanol–water partition coefficient (Wildman–Crippen LogP) is -0.105. The van der Waals surface area contributed by atoms with Crippen molar-refractivity contribution in [2.45, 2.75) is 19.3 Å². The topological polar surface area (TPSA) is 65.2 Å². The Morgan fingerprint density at radius 2 is 1.65 bits per heavy atom. The van der Waals surface area contributed by atoms with Crippen molar-refractivity contribution in [3.05, 3.63) is 0 Å². The average Bonchev–Trinajstić information content (AvgIpc) is 2.88. The van der Waals surface area contributed by atoms with Crippen LogP contribution in [0.3, 0.4) is 0 Å². The van der Waals surface area contributed by atoms with E-state index in [9.17, 15) is 4.79 Å². The first-order chi connectivity index (χ1) is 8.34. The summed E-state index contributed by atoms with van der Waals surface area (Å²) in [5.74, 6) is 1.21. The molecule has 2 atom stereocenters. The lowest BCUT2D eigenvalue weighted by molar-refractivity contribution is 0.235. The molecule has 0 bridgehead atoms. The minimum Gasteiger partial charge on any atom is -0.338 e. The van der Waals surface area contributed by atoms with Crippen LogP contribution in [0.5, 0.6) is 0 Å².